The molecule has 0 radical (unpaired) electrons. The van der Waals surface area contributed by atoms with E-state index >= 15 is 0 Å². The van der Waals surface area contributed by atoms with Crippen LogP contribution in [-0.2, 0) is 6.54 Å². The molecule has 0 atom stereocenters. The average Bonchev–Trinajstić information content (AvgIpc) is 2.97. The van der Waals surface area contributed by atoms with E-state index in [2.05, 4.69) is 19.9 Å². The standard InChI is InChI=1S/C11H12N6O/c1-17(4-7-2-3-18-5-7)10-8-9(14-6-13-8)15-11(12)16-10/h2-3,5-6H,4H2,1H3,(H3,12,13,14,15,16). The van der Waals surface area contributed by atoms with Crippen LogP contribution in [0.5, 0.6) is 0 Å². The number of furan rings is 1. The number of H-pyrrole nitrogens is 1. The number of rotatable bonds is 3. The van der Waals surface area contributed by atoms with Gasteiger partial charge in [-0.1, -0.05) is 0 Å². The third-order valence-electron chi connectivity index (χ3n) is 2.65. The van der Waals surface area contributed by atoms with Crippen LogP contribution in [0.1, 0.15) is 5.56 Å². The predicted molar refractivity (Wildman–Crippen MR) is 66.9 cm³/mol. The van der Waals surface area contributed by atoms with Crippen LogP contribution >= 0.6 is 0 Å². The summed E-state index contributed by atoms with van der Waals surface area (Å²) in [4.78, 5) is 17.4. The number of nitrogen functional groups attached to an aromatic ring is 1. The second-order valence-electron chi connectivity index (χ2n) is 3.99. The average molecular weight is 244 g/mol. The third-order valence-corrected chi connectivity index (χ3v) is 2.65. The van der Waals surface area contributed by atoms with Gasteiger partial charge in [0.05, 0.1) is 18.9 Å². The number of nitrogens with zero attached hydrogens (tertiary/aromatic N) is 4. The van der Waals surface area contributed by atoms with Gasteiger partial charge >= 0.3 is 0 Å². The van der Waals surface area contributed by atoms with Crippen LogP contribution in [0.15, 0.2) is 29.3 Å². The summed E-state index contributed by atoms with van der Waals surface area (Å²) in [7, 11) is 1.93. The molecule has 0 saturated heterocycles. The quantitative estimate of drug-likeness (QED) is 0.717. The summed E-state index contributed by atoms with van der Waals surface area (Å²) in [5, 5.41) is 0. The highest BCUT2D eigenvalue weighted by Gasteiger charge is 2.13. The number of nitrogens with one attached hydrogen (secondary N) is 1. The first kappa shape index (κ1) is 10.6. The van der Waals surface area contributed by atoms with E-state index in [0.29, 0.717) is 12.2 Å². The van der Waals surface area contributed by atoms with Gasteiger partial charge < -0.3 is 20.0 Å². The van der Waals surface area contributed by atoms with Crippen LogP contribution in [0.4, 0.5) is 11.8 Å². The summed E-state index contributed by atoms with van der Waals surface area (Å²) in [5.41, 5.74) is 8.07. The molecule has 0 fully saturated rings. The van der Waals surface area contributed by atoms with Crippen molar-refractivity contribution in [3.05, 3.63) is 30.5 Å². The Morgan fingerprint density at radius 1 is 1.44 bits per heavy atom. The molecule has 0 aliphatic rings. The molecule has 18 heavy (non-hydrogen) atoms. The zero-order chi connectivity index (χ0) is 12.5. The van der Waals surface area contributed by atoms with Crippen LogP contribution in [0.25, 0.3) is 11.2 Å². The van der Waals surface area contributed by atoms with Gasteiger partial charge in [0, 0.05) is 19.2 Å². The van der Waals surface area contributed by atoms with Crippen molar-refractivity contribution in [1.82, 2.24) is 19.9 Å². The maximum Gasteiger partial charge on any atom is 0.224 e. The fourth-order valence-electron chi connectivity index (χ4n) is 1.84. The second kappa shape index (κ2) is 4.02. The summed E-state index contributed by atoms with van der Waals surface area (Å²) in [6.45, 7) is 0.668. The van der Waals surface area contributed by atoms with E-state index in [4.69, 9.17) is 10.2 Å². The fourth-order valence-corrected chi connectivity index (χ4v) is 1.84. The summed E-state index contributed by atoms with van der Waals surface area (Å²) < 4.78 is 5.04. The first-order valence-corrected chi connectivity index (χ1v) is 5.43. The monoisotopic (exact) mass is 244 g/mol. The van der Waals surface area contributed by atoms with Crippen molar-refractivity contribution in [2.24, 2.45) is 0 Å². The Morgan fingerprint density at radius 3 is 3.11 bits per heavy atom. The molecule has 0 amide bonds. The minimum atomic E-state index is 0.212. The van der Waals surface area contributed by atoms with Gasteiger partial charge in [0.2, 0.25) is 5.95 Å². The Kier molecular flexibility index (Phi) is 2.36. The second-order valence-corrected chi connectivity index (χ2v) is 3.99. The molecule has 3 aromatic rings. The number of anilines is 2. The molecule has 7 heteroatoms. The molecule has 0 unspecified atom stereocenters. The maximum atomic E-state index is 5.67. The molecule has 3 N–H and O–H groups in total. The van der Waals surface area contributed by atoms with Gasteiger partial charge in [-0.05, 0) is 6.07 Å². The minimum Gasteiger partial charge on any atom is -0.472 e. The van der Waals surface area contributed by atoms with Gasteiger partial charge in [-0.3, -0.25) is 0 Å². The van der Waals surface area contributed by atoms with E-state index in [9.17, 15) is 0 Å². The molecule has 0 aliphatic heterocycles. The van der Waals surface area contributed by atoms with E-state index in [0.717, 1.165) is 16.9 Å². The summed E-state index contributed by atoms with van der Waals surface area (Å²) in [6, 6.07) is 1.91. The molecule has 0 aliphatic carbocycles. The van der Waals surface area contributed by atoms with Gasteiger partial charge in [0.25, 0.3) is 0 Å². The molecule has 0 bridgehead atoms. The predicted octanol–water partition coefficient (Wildman–Crippen LogP) is 1.16. The van der Waals surface area contributed by atoms with Gasteiger partial charge in [0.1, 0.15) is 5.52 Å². The zero-order valence-corrected chi connectivity index (χ0v) is 9.79. The smallest absolute Gasteiger partial charge is 0.224 e. The Morgan fingerprint density at radius 2 is 2.33 bits per heavy atom. The summed E-state index contributed by atoms with van der Waals surface area (Å²) >= 11 is 0. The maximum absolute atomic E-state index is 5.67. The lowest BCUT2D eigenvalue weighted by atomic mass is 10.3. The van der Waals surface area contributed by atoms with Crippen molar-refractivity contribution >= 4 is 22.9 Å². The van der Waals surface area contributed by atoms with Crippen LogP contribution in [0, 0.1) is 0 Å². The number of nitrogens with two attached hydrogens (primary N) is 1. The molecular formula is C11H12N6O. The number of aromatic nitrogens is 4. The number of fused-ring (bicyclic) bond motifs is 1. The summed E-state index contributed by atoms with van der Waals surface area (Å²) in [6.07, 6.45) is 4.92. The van der Waals surface area contributed by atoms with Crippen LogP contribution in [0.3, 0.4) is 0 Å². The fraction of sp³-hybridized carbons (Fsp3) is 0.182. The number of hydrogen-bond acceptors (Lipinski definition) is 6. The van der Waals surface area contributed by atoms with Crippen molar-refractivity contribution in [3.63, 3.8) is 0 Å². The van der Waals surface area contributed by atoms with Crippen molar-refractivity contribution in [2.45, 2.75) is 6.54 Å². The number of aromatic amines is 1. The lowest BCUT2D eigenvalue weighted by Crippen LogP contribution is -2.18. The SMILES string of the molecule is CN(Cc1ccoc1)c1nc(N)nc2nc[nH]c12. The Bertz CT molecular complexity index is 659. The van der Waals surface area contributed by atoms with Gasteiger partial charge in [-0.2, -0.15) is 9.97 Å². The zero-order valence-electron chi connectivity index (χ0n) is 9.79. The van der Waals surface area contributed by atoms with Crippen molar-refractivity contribution in [3.8, 4) is 0 Å². The number of imidazole rings is 1. The third kappa shape index (κ3) is 1.75. The van der Waals surface area contributed by atoms with Gasteiger partial charge in [-0.15, -0.1) is 0 Å². The Hall–Kier alpha value is -2.57. The van der Waals surface area contributed by atoms with Gasteiger partial charge in [0.15, 0.2) is 11.5 Å². The molecular weight excluding hydrogens is 232 g/mol. The molecule has 0 saturated carbocycles. The molecule has 3 heterocycles. The van der Waals surface area contributed by atoms with Gasteiger partial charge in [-0.25, -0.2) is 4.98 Å². The van der Waals surface area contributed by atoms with Crippen LogP contribution in [-0.4, -0.2) is 27.0 Å². The van der Waals surface area contributed by atoms with Crippen molar-refractivity contribution in [1.29, 1.82) is 0 Å². The largest absolute Gasteiger partial charge is 0.472 e. The highest BCUT2D eigenvalue weighted by molar-refractivity contribution is 5.83. The normalized spacial score (nSPS) is 10.9. The first-order valence-electron chi connectivity index (χ1n) is 5.43. The van der Waals surface area contributed by atoms with Crippen molar-refractivity contribution < 1.29 is 4.42 Å². The minimum absolute atomic E-state index is 0.212. The molecule has 0 spiro atoms. The molecule has 7 nitrogen and oxygen atoms in total. The molecule has 0 aromatic carbocycles. The topological polar surface area (TPSA) is 96.9 Å². The Balaban J connectivity index is 2.00. The van der Waals surface area contributed by atoms with E-state index < -0.39 is 0 Å². The van der Waals surface area contributed by atoms with Crippen LogP contribution < -0.4 is 10.6 Å². The Labute approximate surface area is 103 Å². The van der Waals surface area contributed by atoms with E-state index in [-0.39, 0.29) is 5.95 Å². The van der Waals surface area contributed by atoms with E-state index in [1.807, 2.05) is 18.0 Å². The van der Waals surface area contributed by atoms with E-state index in [1.165, 1.54) is 0 Å². The highest BCUT2D eigenvalue weighted by Crippen LogP contribution is 2.22. The molecule has 3 rings (SSSR count). The lowest BCUT2D eigenvalue weighted by Gasteiger charge is -2.17. The van der Waals surface area contributed by atoms with Crippen LogP contribution in [0.2, 0.25) is 0 Å². The molecule has 3 aromatic heterocycles. The highest BCUT2D eigenvalue weighted by atomic mass is 16.3. The van der Waals surface area contributed by atoms with Crippen molar-refractivity contribution in [2.75, 3.05) is 17.7 Å². The number of hydrogen-bond donors (Lipinski definition) is 2. The first-order chi connectivity index (χ1) is 8.74. The summed E-state index contributed by atoms with van der Waals surface area (Å²) in [5.74, 6) is 0.930. The molecule has 92 valence electrons. The van der Waals surface area contributed by atoms with E-state index in [1.54, 1.807) is 18.9 Å². The lowest BCUT2D eigenvalue weighted by molar-refractivity contribution is 0.563.